The first-order chi connectivity index (χ1) is 13.0. The first-order valence-electron chi connectivity index (χ1n) is 9.52. The Balaban J connectivity index is 1.51. The number of carbonyl (C=O) groups excluding carboxylic acids is 1. The van der Waals surface area contributed by atoms with Crippen LogP contribution in [0.4, 0.5) is 0 Å². The van der Waals surface area contributed by atoms with Crippen molar-refractivity contribution in [2.45, 2.75) is 44.6 Å². The molecular weight excluding hydrogens is 342 g/mol. The summed E-state index contributed by atoms with van der Waals surface area (Å²) in [7, 11) is 1.55. The first kappa shape index (κ1) is 17.9. The molecule has 3 heterocycles. The molecule has 0 atom stereocenters. The van der Waals surface area contributed by atoms with E-state index in [0.29, 0.717) is 43.1 Å². The SMILES string of the molecule is COc1nc2c(cc1C(=O)N1CCC(O)(c3ccc(C)cn3)CC1)CCC2. The maximum atomic E-state index is 13.1. The molecular formula is C21H25N3O3. The second-order valence-corrected chi connectivity index (χ2v) is 7.55. The number of aryl methyl sites for hydroxylation is 3. The summed E-state index contributed by atoms with van der Waals surface area (Å²) < 4.78 is 5.39. The number of ether oxygens (including phenoxy) is 1. The van der Waals surface area contributed by atoms with Gasteiger partial charge in [0.1, 0.15) is 11.2 Å². The molecule has 1 fully saturated rings. The molecule has 1 saturated heterocycles. The van der Waals surface area contributed by atoms with E-state index in [9.17, 15) is 9.90 Å². The van der Waals surface area contributed by atoms with E-state index >= 15 is 0 Å². The highest BCUT2D eigenvalue weighted by Gasteiger charge is 2.37. The highest BCUT2D eigenvalue weighted by atomic mass is 16.5. The number of methoxy groups -OCH3 is 1. The molecule has 0 unspecified atom stereocenters. The molecule has 6 heteroatoms. The number of hydrogen-bond donors (Lipinski definition) is 1. The minimum Gasteiger partial charge on any atom is -0.480 e. The molecule has 1 aliphatic carbocycles. The Bertz CT molecular complexity index is 856. The van der Waals surface area contributed by atoms with Gasteiger partial charge in [0.25, 0.3) is 5.91 Å². The number of piperidine rings is 1. The lowest BCUT2D eigenvalue weighted by atomic mass is 9.87. The van der Waals surface area contributed by atoms with Gasteiger partial charge in [0.15, 0.2) is 0 Å². The fourth-order valence-electron chi connectivity index (χ4n) is 4.01. The number of amides is 1. The molecule has 1 aliphatic heterocycles. The number of nitrogens with zero attached hydrogens (tertiary/aromatic N) is 3. The van der Waals surface area contributed by atoms with E-state index in [-0.39, 0.29) is 5.91 Å². The zero-order valence-electron chi connectivity index (χ0n) is 15.9. The molecule has 142 valence electrons. The smallest absolute Gasteiger partial charge is 0.259 e. The van der Waals surface area contributed by atoms with Gasteiger partial charge in [-0.3, -0.25) is 9.78 Å². The predicted octanol–water partition coefficient (Wildman–Crippen LogP) is 2.41. The van der Waals surface area contributed by atoms with E-state index in [1.54, 1.807) is 18.2 Å². The number of aliphatic hydroxyl groups is 1. The molecule has 2 aliphatic rings. The van der Waals surface area contributed by atoms with Crippen molar-refractivity contribution in [2.24, 2.45) is 0 Å². The van der Waals surface area contributed by atoms with Crippen molar-refractivity contribution in [3.05, 3.63) is 52.5 Å². The maximum Gasteiger partial charge on any atom is 0.259 e. The molecule has 0 bridgehead atoms. The van der Waals surface area contributed by atoms with Gasteiger partial charge in [0.2, 0.25) is 5.88 Å². The number of fused-ring (bicyclic) bond motifs is 1. The Morgan fingerprint density at radius 3 is 2.70 bits per heavy atom. The topological polar surface area (TPSA) is 75.5 Å². The zero-order valence-corrected chi connectivity index (χ0v) is 15.9. The second kappa shape index (κ2) is 6.93. The monoisotopic (exact) mass is 367 g/mol. The second-order valence-electron chi connectivity index (χ2n) is 7.55. The highest BCUT2D eigenvalue weighted by molar-refractivity contribution is 5.96. The number of aromatic nitrogens is 2. The van der Waals surface area contributed by atoms with Crippen LogP contribution in [0, 0.1) is 6.92 Å². The number of pyridine rings is 2. The van der Waals surface area contributed by atoms with Gasteiger partial charge in [0.05, 0.1) is 12.8 Å². The third-order valence-electron chi connectivity index (χ3n) is 5.71. The molecule has 1 N–H and O–H groups in total. The summed E-state index contributed by atoms with van der Waals surface area (Å²) in [6.45, 7) is 2.93. The molecule has 0 aromatic carbocycles. The van der Waals surface area contributed by atoms with Crippen molar-refractivity contribution in [1.82, 2.24) is 14.9 Å². The standard InChI is InChI=1S/C21H25N3O3/c1-14-6-7-18(22-13-14)21(26)8-10-24(11-9-21)20(25)16-12-15-4-3-5-17(15)23-19(16)27-2/h6-7,12-13,26H,3-5,8-11H2,1-2H3. The van der Waals surface area contributed by atoms with Crippen LogP contribution in [0.3, 0.4) is 0 Å². The molecule has 27 heavy (non-hydrogen) atoms. The summed E-state index contributed by atoms with van der Waals surface area (Å²) in [5.41, 5.74) is 3.48. The number of carbonyl (C=O) groups is 1. The van der Waals surface area contributed by atoms with Gasteiger partial charge >= 0.3 is 0 Å². The number of rotatable bonds is 3. The summed E-state index contributed by atoms with van der Waals surface area (Å²) in [5, 5.41) is 11.0. The summed E-state index contributed by atoms with van der Waals surface area (Å²) in [6, 6.07) is 5.78. The normalized spacial score (nSPS) is 18.3. The van der Waals surface area contributed by atoms with Crippen LogP contribution in [-0.2, 0) is 18.4 Å². The molecule has 0 saturated carbocycles. The fraction of sp³-hybridized carbons (Fsp3) is 0.476. The minimum atomic E-state index is -0.981. The quantitative estimate of drug-likeness (QED) is 0.902. The molecule has 2 aromatic heterocycles. The van der Waals surface area contributed by atoms with E-state index in [0.717, 1.165) is 36.1 Å². The molecule has 0 spiro atoms. The third kappa shape index (κ3) is 3.30. The largest absolute Gasteiger partial charge is 0.480 e. The average Bonchev–Trinajstić information content (AvgIpc) is 3.15. The van der Waals surface area contributed by atoms with Crippen LogP contribution >= 0.6 is 0 Å². The lowest BCUT2D eigenvalue weighted by Crippen LogP contribution is -2.45. The van der Waals surface area contributed by atoms with Crippen molar-refractivity contribution in [3.8, 4) is 5.88 Å². The van der Waals surface area contributed by atoms with Gasteiger partial charge in [-0.05, 0) is 62.3 Å². The lowest BCUT2D eigenvalue weighted by Gasteiger charge is -2.38. The molecule has 6 nitrogen and oxygen atoms in total. The predicted molar refractivity (Wildman–Crippen MR) is 101 cm³/mol. The van der Waals surface area contributed by atoms with E-state index in [4.69, 9.17) is 4.74 Å². The Morgan fingerprint density at radius 2 is 2.04 bits per heavy atom. The van der Waals surface area contributed by atoms with Gasteiger partial charge in [-0.1, -0.05) is 6.07 Å². The van der Waals surface area contributed by atoms with Crippen LogP contribution < -0.4 is 4.74 Å². The van der Waals surface area contributed by atoms with Gasteiger partial charge in [0, 0.05) is 25.0 Å². The van der Waals surface area contributed by atoms with Crippen LogP contribution in [0.25, 0.3) is 0 Å². The number of hydrogen-bond acceptors (Lipinski definition) is 5. The Labute approximate surface area is 159 Å². The fourth-order valence-corrected chi connectivity index (χ4v) is 4.01. The maximum absolute atomic E-state index is 13.1. The van der Waals surface area contributed by atoms with Crippen LogP contribution in [-0.4, -0.2) is 46.1 Å². The van der Waals surface area contributed by atoms with Gasteiger partial charge < -0.3 is 14.7 Å². The van der Waals surface area contributed by atoms with Gasteiger partial charge in [-0.2, -0.15) is 0 Å². The molecule has 4 rings (SSSR count). The summed E-state index contributed by atoms with van der Waals surface area (Å²) in [6.07, 6.45) is 5.69. The third-order valence-corrected chi connectivity index (χ3v) is 5.71. The van der Waals surface area contributed by atoms with Crippen molar-refractivity contribution in [2.75, 3.05) is 20.2 Å². The van der Waals surface area contributed by atoms with Crippen molar-refractivity contribution in [1.29, 1.82) is 0 Å². The van der Waals surface area contributed by atoms with Crippen molar-refractivity contribution < 1.29 is 14.6 Å². The Morgan fingerprint density at radius 1 is 1.26 bits per heavy atom. The van der Waals surface area contributed by atoms with Crippen LogP contribution in [0.2, 0.25) is 0 Å². The summed E-state index contributed by atoms with van der Waals surface area (Å²) in [4.78, 5) is 23.8. The Kier molecular flexibility index (Phi) is 4.60. The molecule has 0 radical (unpaired) electrons. The Hall–Kier alpha value is -2.47. The summed E-state index contributed by atoms with van der Waals surface area (Å²) in [5.74, 6) is 0.328. The molecule has 2 aromatic rings. The zero-order chi connectivity index (χ0) is 19.0. The average molecular weight is 367 g/mol. The first-order valence-corrected chi connectivity index (χ1v) is 9.52. The van der Waals surface area contributed by atoms with Gasteiger partial charge in [-0.15, -0.1) is 0 Å². The van der Waals surface area contributed by atoms with E-state index in [2.05, 4.69) is 9.97 Å². The van der Waals surface area contributed by atoms with E-state index in [1.807, 2.05) is 25.1 Å². The van der Waals surface area contributed by atoms with Crippen LogP contribution in [0.5, 0.6) is 5.88 Å². The number of likely N-dealkylation sites (tertiary alicyclic amines) is 1. The molecule has 1 amide bonds. The van der Waals surface area contributed by atoms with Gasteiger partial charge in [-0.25, -0.2) is 4.98 Å². The van der Waals surface area contributed by atoms with Crippen molar-refractivity contribution in [3.63, 3.8) is 0 Å². The van der Waals surface area contributed by atoms with Crippen LogP contribution in [0.15, 0.2) is 24.4 Å². The minimum absolute atomic E-state index is 0.0760. The summed E-state index contributed by atoms with van der Waals surface area (Å²) >= 11 is 0. The van der Waals surface area contributed by atoms with E-state index in [1.165, 1.54) is 0 Å². The van der Waals surface area contributed by atoms with Crippen molar-refractivity contribution >= 4 is 5.91 Å². The van der Waals surface area contributed by atoms with Crippen LogP contribution in [0.1, 0.15) is 52.1 Å². The highest BCUT2D eigenvalue weighted by Crippen LogP contribution is 2.33. The lowest BCUT2D eigenvalue weighted by molar-refractivity contribution is -0.0244. The van der Waals surface area contributed by atoms with E-state index < -0.39 is 5.60 Å².